The molecule has 0 aliphatic rings. The summed E-state index contributed by atoms with van der Waals surface area (Å²) in [5.74, 6) is 0.428. The van der Waals surface area contributed by atoms with Gasteiger partial charge in [-0.15, -0.1) is 0 Å². The van der Waals surface area contributed by atoms with Crippen LogP contribution in [-0.2, 0) is 4.79 Å². The average Bonchev–Trinajstić information content (AvgIpc) is 2.25. The summed E-state index contributed by atoms with van der Waals surface area (Å²) in [5.41, 5.74) is 1.95. The number of benzene rings is 1. The molecule has 1 atom stereocenters. The molecule has 17 heavy (non-hydrogen) atoms. The summed E-state index contributed by atoms with van der Waals surface area (Å²) in [7, 11) is 0. The van der Waals surface area contributed by atoms with E-state index in [9.17, 15) is 4.79 Å². The fourth-order valence-electron chi connectivity index (χ4n) is 1.75. The Kier molecular flexibility index (Phi) is 4.28. The molecule has 1 unspecified atom stereocenters. The van der Waals surface area contributed by atoms with Crippen molar-refractivity contribution >= 4 is 5.78 Å². The van der Waals surface area contributed by atoms with E-state index in [0.29, 0.717) is 6.42 Å². The monoisotopic (exact) mass is 230 g/mol. The molecule has 0 spiro atoms. The number of ketones is 1. The van der Waals surface area contributed by atoms with E-state index in [-0.39, 0.29) is 17.1 Å². The molecule has 0 saturated carbocycles. The number of carbonyl (C=O) groups excluding carboxylic acids is 1. The molecular weight excluding hydrogens is 208 g/mol. The van der Waals surface area contributed by atoms with Gasteiger partial charge in [0.1, 0.15) is 5.78 Å². The first-order chi connectivity index (χ1) is 7.82. The zero-order valence-corrected chi connectivity index (χ0v) is 11.3. The third-order valence-corrected chi connectivity index (χ3v) is 3.02. The molecule has 1 heteroatoms. The zero-order chi connectivity index (χ0) is 13.1. The molecule has 0 radical (unpaired) electrons. The number of Topliss-reactive ketones (excluding diaryl/α,β-unsaturated/α-hetero) is 1. The molecule has 0 bridgehead atoms. The van der Waals surface area contributed by atoms with E-state index in [4.69, 9.17) is 0 Å². The Morgan fingerprint density at radius 3 is 2.18 bits per heavy atom. The Bertz CT molecular complexity index is 395. The molecule has 1 nitrogen and oxygen atoms in total. The highest BCUT2D eigenvalue weighted by atomic mass is 16.1. The van der Waals surface area contributed by atoms with Gasteiger partial charge in [-0.05, 0) is 12.5 Å². The molecule has 0 fully saturated rings. The number of hydrogen-bond donors (Lipinski definition) is 0. The minimum absolute atomic E-state index is 0.142. The van der Waals surface area contributed by atoms with Crippen molar-refractivity contribution in [3.05, 3.63) is 48.0 Å². The Morgan fingerprint density at radius 2 is 1.76 bits per heavy atom. The molecule has 1 aromatic carbocycles. The van der Waals surface area contributed by atoms with Crippen molar-refractivity contribution in [3.8, 4) is 0 Å². The first-order valence-electron chi connectivity index (χ1n) is 6.06. The van der Waals surface area contributed by atoms with Gasteiger partial charge in [0.05, 0.1) is 0 Å². The predicted octanol–water partition coefficient (Wildman–Crippen LogP) is 4.35. The first-order valence-corrected chi connectivity index (χ1v) is 6.06. The molecule has 92 valence electrons. The molecule has 1 aromatic rings. The third-order valence-electron chi connectivity index (χ3n) is 3.02. The van der Waals surface area contributed by atoms with Gasteiger partial charge in [0, 0.05) is 17.8 Å². The van der Waals surface area contributed by atoms with E-state index < -0.39 is 0 Å². The van der Waals surface area contributed by atoms with E-state index in [0.717, 1.165) is 5.57 Å². The van der Waals surface area contributed by atoms with Crippen LogP contribution in [0.1, 0.15) is 45.6 Å². The largest absolute Gasteiger partial charge is 0.299 e. The van der Waals surface area contributed by atoms with Gasteiger partial charge in [-0.3, -0.25) is 4.79 Å². The molecule has 0 aromatic heterocycles. The molecule has 0 amide bonds. The van der Waals surface area contributed by atoms with Crippen LogP contribution in [0.2, 0.25) is 0 Å². The fraction of sp³-hybridized carbons (Fsp3) is 0.438. The maximum atomic E-state index is 12.1. The van der Waals surface area contributed by atoms with Gasteiger partial charge in [0.15, 0.2) is 0 Å². The molecule has 1 rings (SSSR count). The van der Waals surface area contributed by atoms with Crippen LogP contribution in [0.3, 0.4) is 0 Å². The minimum atomic E-state index is -0.275. The summed E-state index contributed by atoms with van der Waals surface area (Å²) in [4.78, 5) is 12.1. The molecule has 0 aliphatic heterocycles. The normalized spacial score (nSPS) is 13.2. The molecule has 0 N–H and O–H groups in total. The van der Waals surface area contributed by atoms with Crippen molar-refractivity contribution in [1.29, 1.82) is 0 Å². The fourth-order valence-corrected chi connectivity index (χ4v) is 1.75. The van der Waals surface area contributed by atoms with Gasteiger partial charge in [0.2, 0.25) is 0 Å². The lowest BCUT2D eigenvalue weighted by Crippen LogP contribution is -2.22. The quantitative estimate of drug-likeness (QED) is 0.703. The van der Waals surface area contributed by atoms with Gasteiger partial charge < -0.3 is 0 Å². The highest BCUT2D eigenvalue weighted by molar-refractivity contribution is 5.84. The molecule has 0 heterocycles. The molecule has 0 aliphatic carbocycles. The van der Waals surface area contributed by atoms with E-state index in [1.54, 1.807) is 0 Å². The van der Waals surface area contributed by atoms with Gasteiger partial charge in [-0.2, -0.15) is 0 Å². The Balaban J connectivity index is 2.90. The van der Waals surface area contributed by atoms with Crippen LogP contribution >= 0.6 is 0 Å². The summed E-state index contributed by atoms with van der Waals surface area (Å²) in [6, 6.07) is 10.1. The van der Waals surface area contributed by atoms with Gasteiger partial charge >= 0.3 is 0 Å². The maximum Gasteiger partial charge on any atom is 0.139 e. The lowest BCUT2D eigenvalue weighted by molar-refractivity contribution is -0.126. The van der Waals surface area contributed by atoms with Crippen molar-refractivity contribution < 1.29 is 4.79 Å². The van der Waals surface area contributed by atoms with Gasteiger partial charge in [-0.1, -0.05) is 63.3 Å². The lowest BCUT2D eigenvalue weighted by Gasteiger charge is -2.22. The van der Waals surface area contributed by atoms with Crippen LogP contribution in [0.4, 0.5) is 0 Å². The van der Waals surface area contributed by atoms with Crippen LogP contribution in [0, 0.1) is 5.41 Å². The van der Waals surface area contributed by atoms with E-state index in [2.05, 4.69) is 18.7 Å². The second-order valence-electron chi connectivity index (χ2n) is 5.69. The topological polar surface area (TPSA) is 17.1 Å². The summed E-state index contributed by atoms with van der Waals surface area (Å²) < 4.78 is 0. The Labute approximate surface area is 105 Å². The van der Waals surface area contributed by atoms with Crippen molar-refractivity contribution in [2.75, 3.05) is 0 Å². The Morgan fingerprint density at radius 1 is 1.24 bits per heavy atom. The van der Waals surface area contributed by atoms with Crippen molar-refractivity contribution in [2.24, 2.45) is 5.41 Å². The summed E-state index contributed by atoms with van der Waals surface area (Å²) in [5, 5.41) is 0. The smallest absolute Gasteiger partial charge is 0.139 e. The van der Waals surface area contributed by atoms with Crippen molar-refractivity contribution in [2.45, 2.75) is 40.0 Å². The van der Waals surface area contributed by atoms with E-state index >= 15 is 0 Å². The van der Waals surface area contributed by atoms with Gasteiger partial charge in [0.25, 0.3) is 0 Å². The van der Waals surface area contributed by atoms with Crippen molar-refractivity contribution in [1.82, 2.24) is 0 Å². The highest BCUT2D eigenvalue weighted by Crippen LogP contribution is 2.30. The Hall–Kier alpha value is -1.37. The highest BCUT2D eigenvalue weighted by Gasteiger charge is 2.25. The summed E-state index contributed by atoms with van der Waals surface area (Å²) >= 11 is 0. The zero-order valence-electron chi connectivity index (χ0n) is 11.3. The van der Waals surface area contributed by atoms with Crippen molar-refractivity contribution in [3.63, 3.8) is 0 Å². The SMILES string of the molecule is C=C(C)C(CC(=O)C(C)(C)C)c1ccccc1. The van der Waals surface area contributed by atoms with Crippen LogP contribution in [0.25, 0.3) is 0 Å². The number of carbonyl (C=O) groups is 1. The van der Waals surface area contributed by atoms with Crippen LogP contribution < -0.4 is 0 Å². The van der Waals surface area contributed by atoms with Gasteiger partial charge in [-0.25, -0.2) is 0 Å². The molecule has 0 saturated heterocycles. The molecular formula is C16H22O. The number of allylic oxidation sites excluding steroid dienone is 1. The second-order valence-corrected chi connectivity index (χ2v) is 5.69. The van der Waals surface area contributed by atoms with Crippen LogP contribution in [0.15, 0.2) is 42.5 Å². The average molecular weight is 230 g/mol. The lowest BCUT2D eigenvalue weighted by atomic mass is 9.81. The number of rotatable bonds is 4. The first kappa shape index (κ1) is 13.7. The number of hydrogen-bond acceptors (Lipinski definition) is 1. The van der Waals surface area contributed by atoms with E-state index in [1.807, 2.05) is 45.9 Å². The third kappa shape index (κ3) is 3.85. The van der Waals surface area contributed by atoms with E-state index in [1.165, 1.54) is 5.56 Å². The maximum absolute atomic E-state index is 12.1. The summed E-state index contributed by atoms with van der Waals surface area (Å²) in [6.45, 7) is 11.9. The van der Waals surface area contributed by atoms with Crippen LogP contribution in [0.5, 0.6) is 0 Å². The standard InChI is InChI=1S/C16H22O/c1-12(2)14(11-15(17)16(3,4)5)13-9-7-6-8-10-13/h6-10,14H,1,11H2,2-5H3. The summed E-state index contributed by atoms with van der Waals surface area (Å²) in [6.07, 6.45) is 0.544. The second kappa shape index (κ2) is 5.31. The van der Waals surface area contributed by atoms with Crippen LogP contribution in [-0.4, -0.2) is 5.78 Å². The predicted molar refractivity (Wildman–Crippen MR) is 73.1 cm³/mol. The minimum Gasteiger partial charge on any atom is -0.299 e.